The lowest BCUT2D eigenvalue weighted by Gasteiger charge is -2.13. The van der Waals surface area contributed by atoms with Crippen molar-refractivity contribution in [3.05, 3.63) is 58.6 Å². The highest BCUT2D eigenvalue weighted by atomic mass is 35.5. The van der Waals surface area contributed by atoms with Gasteiger partial charge in [0.05, 0.1) is 4.90 Å². The molecule has 0 radical (unpaired) electrons. The SMILES string of the molecule is Cc1cc(S(=O)(=O)NCC(C)C)ccc1OCC(=O)NCc1ccccc1Cl. The van der Waals surface area contributed by atoms with Crippen LogP contribution in [0.4, 0.5) is 0 Å². The molecule has 6 nitrogen and oxygen atoms in total. The fraction of sp³-hybridized carbons (Fsp3) is 0.350. The van der Waals surface area contributed by atoms with E-state index >= 15 is 0 Å². The van der Waals surface area contributed by atoms with E-state index in [2.05, 4.69) is 10.0 Å². The quantitative estimate of drug-likeness (QED) is 0.647. The highest BCUT2D eigenvalue weighted by molar-refractivity contribution is 7.89. The van der Waals surface area contributed by atoms with Crippen molar-refractivity contribution < 1.29 is 17.9 Å². The molecule has 152 valence electrons. The number of hydrogen-bond donors (Lipinski definition) is 2. The Balaban J connectivity index is 1.92. The molecule has 2 N–H and O–H groups in total. The Morgan fingerprint density at radius 2 is 1.89 bits per heavy atom. The molecule has 0 atom stereocenters. The van der Waals surface area contributed by atoms with Crippen molar-refractivity contribution >= 4 is 27.5 Å². The van der Waals surface area contributed by atoms with Crippen LogP contribution in [-0.2, 0) is 21.4 Å². The topological polar surface area (TPSA) is 84.5 Å². The number of amides is 1. The van der Waals surface area contributed by atoms with Gasteiger partial charge in [-0.25, -0.2) is 13.1 Å². The van der Waals surface area contributed by atoms with E-state index in [-0.39, 0.29) is 23.3 Å². The number of rotatable bonds is 9. The normalized spacial score (nSPS) is 11.5. The van der Waals surface area contributed by atoms with Gasteiger partial charge in [0.1, 0.15) is 5.75 Å². The van der Waals surface area contributed by atoms with Crippen LogP contribution >= 0.6 is 11.6 Å². The second-order valence-electron chi connectivity index (χ2n) is 6.83. The third-order valence-electron chi connectivity index (χ3n) is 3.93. The molecule has 2 aromatic carbocycles. The molecule has 0 saturated heterocycles. The van der Waals surface area contributed by atoms with Crippen LogP contribution in [0.1, 0.15) is 25.0 Å². The summed E-state index contributed by atoms with van der Waals surface area (Å²) in [4.78, 5) is 12.2. The molecular weight excluding hydrogens is 400 g/mol. The first-order valence-electron chi connectivity index (χ1n) is 8.92. The van der Waals surface area contributed by atoms with Gasteiger partial charge in [-0.05, 0) is 48.2 Å². The lowest BCUT2D eigenvalue weighted by molar-refractivity contribution is -0.123. The molecule has 2 rings (SSSR count). The second-order valence-corrected chi connectivity index (χ2v) is 9.00. The van der Waals surface area contributed by atoms with Gasteiger partial charge >= 0.3 is 0 Å². The fourth-order valence-electron chi connectivity index (χ4n) is 2.34. The number of carbonyl (C=O) groups is 1. The number of sulfonamides is 1. The Kier molecular flexibility index (Phi) is 7.86. The van der Waals surface area contributed by atoms with Crippen molar-refractivity contribution in [1.82, 2.24) is 10.0 Å². The molecule has 0 heterocycles. The number of benzene rings is 2. The third kappa shape index (κ3) is 6.51. The average molecular weight is 425 g/mol. The van der Waals surface area contributed by atoms with Gasteiger partial charge in [0, 0.05) is 18.1 Å². The van der Waals surface area contributed by atoms with Crippen LogP contribution in [0.2, 0.25) is 5.02 Å². The minimum Gasteiger partial charge on any atom is -0.484 e. The van der Waals surface area contributed by atoms with Crippen molar-refractivity contribution in [1.29, 1.82) is 0 Å². The molecule has 2 aromatic rings. The summed E-state index contributed by atoms with van der Waals surface area (Å²) < 4.78 is 32.7. The Morgan fingerprint density at radius 1 is 1.18 bits per heavy atom. The van der Waals surface area contributed by atoms with Crippen LogP contribution in [0.15, 0.2) is 47.4 Å². The number of aryl methyl sites for hydroxylation is 1. The molecule has 0 spiro atoms. The van der Waals surface area contributed by atoms with Crippen LogP contribution in [0.5, 0.6) is 5.75 Å². The van der Waals surface area contributed by atoms with Crippen molar-refractivity contribution in [3.8, 4) is 5.75 Å². The molecule has 0 aliphatic rings. The van der Waals surface area contributed by atoms with E-state index in [1.54, 1.807) is 19.1 Å². The summed E-state index contributed by atoms with van der Waals surface area (Å²) in [6.07, 6.45) is 0. The van der Waals surface area contributed by atoms with Crippen molar-refractivity contribution in [2.24, 2.45) is 5.92 Å². The van der Waals surface area contributed by atoms with Gasteiger partial charge in [0.15, 0.2) is 6.61 Å². The standard InChI is InChI=1S/C20H25ClN2O4S/c1-14(2)11-23-28(25,26)17-8-9-19(15(3)10-17)27-13-20(24)22-12-16-6-4-5-7-18(16)21/h4-10,14,23H,11-13H2,1-3H3,(H,22,24). The summed E-state index contributed by atoms with van der Waals surface area (Å²) in [5, 5.41) is 3.32. The molecule has 0 fully saturated rings. The first-order valence-corrected chi connectivity index (χ1v) is 10.8. The summed E-state index contributed by atoms with van der Waals surface area (Å²) in [6.45, 7) is 6.09. The molecule has 0 aliphatic carbocycles. The maximum Gasteiger partial charge on any atom is 0.258 e. The molecule has 0 aliphatic heterocycles. The van der Waals surface area contributed by atoms with E-state index in [0.717, 1.165) is 5.56 Å². The molecule has 0 unspecified atom stereocenters. The molecule has 0 bridgehead atoms. The van der Waals surface area contributed by atoms with Crippen LogP contribution in [0, 0.1) is 12.8 Å². The Labute approximate surface area is 171 Å². The lowest BCUT2D eigenvalue weighted by Crippen LogP contribution is -2.29. The zero-order valence-electron chi connectivity index (χ0n) is 16.2. The monoisotopic (exact) mass is 424 g/mol. The lowest BCUT2D eigenvalue weighted by atomic mass is 10.2. The first-order chi connectivity index (χ1) is 13.2. The van der Waals surface area contributed by atoms with Gasteiger partial charge < -0.3 is 10.1 Å². The second kappa shape index (κ2) is 9.91. The molecule has 0 saturated carbocycles. The van der Waals surface area contributed by atoms with Crippen LogP contribution in [-0.4, -0.2) is 27.5 Å². The zero-order chi connectivity index (χ0) is 20.7. The molecule has 8 heteroatoms. The number of halogens is 1. The van der Waals surface area contributed by atoms with E-state index in [4.69, 9.17) is 16.3 Å². The van der Waals surface area contributed by atoms with Crippen LogP contribution in [0.25, 0.3) is 0 Å². The largest absolute Gasteiger partial charge is 0.484 e. The van der Waals surface area contributed by atoms with Gasteiger partial charge in [-0.1, -0.05) is 43.6 Å². The third-order valence-corrected chi connectivity index (χ3v) is 5.72. The number of nitrogens with one attached hydrogen (secondary N) is 2. The number of hydrogen-bond acceptors (Lipinski definition) is 4. The molecular formula is C20H25ClN2O4S. The van der Waals surface area contributed by atoms with Gasteiger partial charge in [0.2, 0.25) is 10.0 Å². The van der Waals surface area contributed by atoms with Gasteiger partial charge in [-0.2, -0.15) is 0 Å². The maximum absolute atomic E-state index is 12.3. The van der Waals surface area contributed by atoms with Gasteiger partial charge in [0.25, 0.3) is 5.91 Å². The molecule has 0 aromatic heterocycles. The summed E-state index contributed by atoms with van der Waals surface area (Å²) in [5.74, 6) is 0.369. The first kappa shape index (κ1) is 22.2. The van der Waals surface area contributed by atoms with E-state index in [0.29, 0.717) is 29.4 Å². The minimum absolute atomic E-state index is 0.168. The van der Waals surface area contributed by atoms with Gasteiger partial charge in [-0.3, -0.25) is 4.79 Å². The van der Waals surface area contributed by atoms with Crippen molar-refractivity contribution in [2.45, 2.75) is 32.2 Å². The summed E-state index contributed by atoms with van der Waals surface area (Å²) in [5.41, 5.74) is 1.45. The van der Waals surface area contributed by atoms with Crippen LogP contribution in [0.3, 0.4) is 0 Å². The number of carbonyl (C=O) groups excluding carboxylic acids is 1. The summed E-state index contributed by atoms with van der Waals surface area (Å²) in [6, 6.07) is 11.8. The van der Waals surface area contributed by atoms with Crippen molar-refractivity contribution in [2.75, 3.05) is 13.2 Å². The van der Waals surface area contributed by atoms with E-state index < -0.39 is 10.0 Å². The maximum atomic E-state index is 12.3. The smallest absolute Gasteiger partial charge is 0.258 e. The predicted octanol–water partition coefficient (Wildman–Crippen LogP) is 3.28. The Hall–Kier alpha value is -2.09. The average Bonchev–Trinajstić information content (AvgIpc) is 2.64. The zero-order valence-corrected chi connectivity index (χ0v) is 17.7. The van der Waals surface area contributed by atoms with Crippen LogP contribution < -0.4 is 14.8 Å². The molecule has 1 amide bonds. The Bertz CT molecular complexity index is 930. The fourth-order valence-corrected chi connectivity index (χ4v) is 3.84. The molecule has 28 heavy (non-hydrogen) atoms. The highest BCUT2D eigenvalue weighted by Gasteiger charge is 2.16. The summed E-state index contributed by atoms with van der Waals surface area (Å²) in [7, 11) is -3.57. The van der Waals surface area contributed by atoms with Crippen molar-refractivity contribution in [3.63, 3.8) is 0 Å². The van der Waals surface area contributed by atoms with Gasteiger partial charge in [-0.15, -0.1) is 0 Å². The van der Waals surface area contributed by atoms with E-state index in [1.165, 1.54) is 12.1 Å². The number of ether oxygens (including phenoxy) is 1. The minimum atomic E-state index is -3.57. The predicted molar refractivity (Wildman–Crippen MR) is 110 cm³/mol. The van der Waals surface area contributed by atoms with E-state index in [1.807, 2.05) is 32.0 Å². The van der Waals surface area contributed by atoms with E-state index in [9.17, 15) is 13.2 Å². The summed E-state index contributed by atoms with van der Waals surface area (Å²) >= 11 is 6.06. The highest BCUT2D eigenvalue weighted by Crippen LogP contribution is 2.22. The Morgan fingerprint density at radius 3 is 2.54 bits per heavy atom.